The maximum Gasteiger partial charge on any atom is 0.208 e. The summed E-state index contributed by atoms with van der Waals surface area (Å²) in [7, 11) is 1.69. The molecule has 0 spiro atoms. The highest BCUT2D eigenvalue weighted by atomic mass is 16.5. The molecule has 0 amide bonds. The Bertz CT molecular complexity index is 281. The van der Waals surface area contributed by atoms with E-state index in [1.807, 2.05) is 0 Å². The van der Waals surface area contributed by atoms with E-state index < -0.39 is 0 Å². The molecule has 0 aliphatic heterocycles. The zero-order valence-corrected chi connectivity index (χ0v) is 8.45. The average Bonchev–Trinajstić information content (AvgIpc) is 2.92. The monoisotopic (exact) mass is 196 g/mol. The lowest BCUT2D eigenvalue weighted by atomic mass is 10.4. The number of nitrogens with one attached hydrogen (secondary N) is 1. The number of nitrogens with zero attached hydrogens (tertiary/aromatic N) is 1. The molecule has 2 rings (SSSR count). The van der Waals surface area contributed by atoms with Gasteiger partial charge in [0.2, 0.25) is 5.89 Å². The average molecular weight is 196 g/mol. The van der Waals surface area contributed by atoms with Crippen molar-refractivity contribution in [1.29, 1.82) is 0 Å². The molecule has 4 nitrogen and oxygen atoms in total. The fourth-order valence-electron chi connectivity index (χ4n) is 1.27. The maximum absolute atomic E-state index is 5.51. The molecule has 1 aliphatic carbocycles. The maximum atomic E-state index is 5.51. The van der Waals surface area contributed by atoms with E-state index in [0.29, 0.717) is 12.6 Å². The van der Waals surface area contributed by atoms with Crippen molar-refractivity contribution in [3.8, 4) is 0 Å². The summed E-state index contributed by atoms with van der Waals surface area (Å²) in [6, 6.07) is 0.698. The highest BCUT2D eigenvalue weighted by Gasteiger charge is 2.20. The summed E-state index contributed by atoms with van der Waals surface area (Å²) in [5, 5.41) is 3.35. The van der Waals surface area contributed by atoms with Crippen molar-refractivity contribution in [2.24, 2.45) is 0 Å². The minimum atomic E-state index is 0.685. The first-order valence-corrected chi connectivity index (χ1v) is 5.04. The van der Waals surface area contributed by atoms with Crippen LogP contribution in [0.3, 0.4) is 0 Å². The van der Waals surface area contributed by atoms with Crippen LogP contribution in [0.5, 0.6) is 0 Å². The molecule has 1 aromatic heterocycles. The minimum Gasteiger partial charge on any atom is -0.444 e. The number of hydrogen-bond acceptors (Lipinski definition) is 4. The summed E-state index contributed by atoms with van der Waals surface area (Å²) in [5.74, 6) is 1.68. The molecular weight excluding hydrogens is 180 g/mol. The van der Waals surface area contributed by atoms with Crippen LogP contribution in [-0.2, 0) is 17.7 Å². The van der Waals surface area contributed by atoms with Crippen LogP contribution in [0.2, 0.25) is 0 Å². The van der Waals surface area contributed by atoms with E-state index in [9.17, 15) is 0 Å². The van der Waals surface area contributed by atoms with Crippen LogP contribution in [-0.4, -0.2) is 24.7 Å². The van der Waals surface area contributed by atoms with Gasteiger partial charge in [-0.1, -0.05) is 0 Å². The molecule has 4 heteroatoms. The summed E-state index contributed by atoms with van der Waals surface area (Å²) >= 11 is 0. The van der Waals surface area contributed by atoms with E-state index in [2.05, 4.69) is 10.3 Å². The summed E-state index contributed by atoms with van der Waals surface area (Å²) in [4.78, 5) is 4.18. The van der Waals surface area contributed by atoms with Gasteiger partial charge in [-0.25, -0.2) is 4.98 Å². The van der Waals surface area contributed by atoms with Crippen molar-refractivity contribution in [1.82, 2.24) is 10.3 Å². The molecule has 14 heavy (non-hydrogen) atoms. The SMILES string of the molecule is COCCc1cnc(CNC2CC2)o1. The Balaban J connectivity index is 1.76. The van der Waals surface area contributed by atoms with Crippen LogP contribution in [0.1, 0.15) is 24.5 Å². The second kappa shape index (κ2) is 4.57. The Morgan fingerprint density at radius 3 is 3.21 bits per heavy atom. The van der Waals surface area contributed by atoms with Gasteiger partial charge in [0, 0.05) is 19.6 Å². The van der Waals surface area contributed by atoms with E-state index in [1.54, 1.807) is 13.3 Å². The Labute approximate surface area is 83.7 Å². The third-order valence-corrected chi connectivity index (χ3v) is 2.27. The first-order chi connectivity index (χ1) is 6.88. The number of oxazole rings is 1. The zero-order valence-electron chi connectivity index (χ0n) is 8.45. The van der Waals surface area contributed by atoms with Gasteiger partial charge in [-0.05, 0) is 12.8 Å². The van der Waals surface area contributed by atoms with Gasteiger partial charge < -0.3 is 14.5 Å². The molecule has 78 valence electrons. The lowest BCUT2D eigenvalue weighted by Gasteiger charge is -1.97. The van der Waals surface area contributed by atoms with Crippen molar-refractivity contribution < 1.29 is 9.15 Å². The first kappa shape index (κ1) is 9.68. The molecule has 0 unspecified atom stereocenters. The lowest BCUT2D eigenvalue weighted by molar-refractivity contribution is 0.196. The van der Waals surface area contributed by atoms with E-state index in [-0.39, 0.29) is 0 Å². The lowest BCUT2D eigenvalue weighted by Crippen LogP contribution is -2.15. The largest absolute Gasteiger partial charge is 0.444 e. The van der Waals surface area contributed by atoms with Crippen LogP contribution >= 0.6 is 0 Å². The Hall–Kier alpha value is -0.870. The summed E-state index contributed by atoms with van der Waals surface area (Å²) in [6.45, 7) is 1.43. The molecule has 1 N–H and O–H groups in total. The molecule has 0 saturated heterocycles. The second-order valence-electron chi connectivity index (χ2n) is 3.62. The molecule has 0 bridgehead atoms. The second-order valence-corrected chi connectivity index (χ2v) is 3.62. The summed E-state index contributed by atoms with van der Waals surface area (Å²) < 4.78 is 10.5. The van der Waals surface area contributed by atoms with Gasteiger partial charge >= 0.3 is 0 Å². The molecule has 1 heterocycles. The van der Waals surface area contributed by atoms with Gasteiger partial charge in [-0.15, -0.1) is 0 Å². The molecule has 0 atom stereocenters. The van der Waals surface area contributed by atoms with Gasteiger partial charge in [0.25, 0.3) is 0 Å². The number of ether oxygens (including phenoxy) is 1. The molecule has 1 fully saturated rings. The first-order valence-electron chi connectivity index (χ1n) is 5.04. The van der Waals surface area contributed by atoms with Crippen LogP contribution in [0.4, 0.5) is 0 Å². The van der Waals surface area contributed by atoms with E-state index >= 15 is 0 Å². The quantitative estimate of drug-likeness (QED) is 0.740. The van der Waals surface area contributed by atoms with Gasteiger partial charge in [0.1, 0.15) is 5.76 Å². The van der Waals surface area contributed by atoms with Gasteiger partial charge in [-0.2, -0.15) is 0 Å². The molecule has 0 radical (unpaired) electrons. The van der Waals surface area contributed by atoms with Crippen LogP contribution < -0.4 is 5.32 Å². The van der Waals surface area contributed by atoms with Crippen molar-refractivity contribution in [2.45, 2.75) is 31.8 Å². The Morgan fingerprint density at radius 2 is 2.50 bits per heavy atom. The highest BCUT2D eigenvalue weighted by Crippen LogP contribution is 2.19. The third-order valence-electron chi connectivity index (χ3n) is 2.27. The highest BCUT2D eigenvalue weighted by molar-refractivity contribution is 4.95. The normalized spacial score (nSPS) is 16.1. The molecule has 1 aliphatic rings. The van der Waals surface area contributed by atoms with Crippen LogP contribution in [0.15, 0.2) is 10.6 Å². The molecule has 1 saturated carbocycles. The predicted octanol–water partition coefficient (Wildman–Crippen LogP) is 1.12. The smallest absolute Gasteiger partial charge is 0.208 e. The Kier molecular flexibility index (Phi) is 3.16. The van der Waals surface area contributed by atoms with Gasteiger partial charge in [-0.3, -0.25) is 0 Å². The van der Waals surface area contributed by atoms with Crippen molar-refractivity contribution in [2.75, 3.05) is 13.7 Å². The minimum absolute atomic E-state index is 0.685. The number of methoxy groups -OCH3 is 1. The molecule has 0 aromatic carbocycles. The van der Waals surface area contributed by atoms with Gasteiger partial charge in [0.05, 0.1) is 19.3 Å². The number of hydrogen-bond donors (Lipinski definition) is 1. The molecular formula is C10H16N2O2. The standard InChI is InChI=1S/C10H16N2O2/c1-13-5-4-9-6-12-10(14-9)7-11-8-2-3-8/h6,8,11H,2-5,7H2,1H3. The van der Waals surface area contributed by atoms with Crippen molar-refractivity contribution >= 4 is 0 Å². The summed E-state index contributed by atoms with van der Waals surface area (Å²) in [6.07, 6.45) is 5.16. The summed E-state index contributed by atoms with van der Waals surface area (Å²) in [5.41, 5.74) is 0. The van der Waals surface area contributed by atoms with E-state index in [0.717, 1.165) is 24.6 Å². The zero-order chi connectivity index (χ0) is 9.80. The fraction of sp³-hybridized carbons (Fsp3) is 0.700. The number of aromatic nitrogens is 1. The van der Waals surface area contributed by atoms with Crippen molar-refractivity contribution in [3.63, 3.8) is 0 Å². The fourth-order valence-corrected chi connectivity index (χ4v) is 1.27. The van der Waals surface area contributed by atoms with Crippen molar-refractivity contribution in [3.05, 3.63) is 17.8 Å². The van der Waals surface area contributed by atoms with E-state index in [4.69, 9.17) is 9.15 Å². The van der Waals surface area contributed by atoms with Gasteiger partial charge in [0.15, 0.2) is 0 Å². The molecule has 1 aromatic rings. The third kappa shape index (κ3) is 2.82. The predicted molar refractivity (Wildman–Crippen MR) is 51.9 cm³/mol. The Morgan fingerprint density at radius 1 is 1.64 bits per heavy atom. The topological polar surface area (TPSA) is 47.3 Å². The van der Waals surface area contributed by atoms with Crippen LogP contribution in [0.25, 0.3) is 0 Å². The van der Waals surface area contributed by atoms with Crippen LogP contribution in [0, 0.1) is 0 Å². The van der Waals surface area contributed by atoms with E-state index in [1.165, 1.54) is 12.8 Å². The number of rotatable bonds is 6.